The molecule has 134 valence electrons. The summed E-state index contributed by atoms with van der Waals surface area (Å²) in [5.41, 5.74) is 2.52. The van der Waals surface area contributed by atoms with Crippen LogP contribution in [0.5, 0.6) is 5.75 Å². The Bertz CT molecular complexity index is 1010. The molecule has 0 saturated carbocycles. The van der Waals surface area contributed by atoms with Gasteiger partial charge in [0.25, 0.3) is 5.91 Å². The standard InChI is InChI=1S/C20H19ClN2O3/c1-11(19(25)22-3)18-12(2)23(17-9-8-15(24)10-16(17)18)20(26)13-4-6-14(21)7-5-13/h4-11,24H,1-3H3,(H,22,25)/t11-/m0/s1. The van der Waals surface area contributed by atoms with Crippen LogP contribution >= 0.6 is 11.6 Å². The van der Waals surface area contributed by atoms with E-state index in [1.807, 2.05) is 0 Å². The van der Waals surface area contributed by atoms with Gasteiger partial charge in [0.15, 0.2) is 0 Å². The molecular weight excluding hydrogens is 352 g/mol. The number of aromatic nitrogens is 1. The van der Waals surface area contributed by atoms with Crippen LogP contribution in [0.25, 0.3) is 10.9 Å². The monoisotopic (exact) mass is 370 g/mol. The van der Waals surface area contributed by atoms with Crippen molar-refractivity contribution >= 4 is 34.3 Å². The van der Waals surface area contributed by atoms with E-state index in [9.17, 15) is 14.7 Å². The average molecular weight is 371 g/mol. The zero-order chi connectivity index (χ0) is 19.0. The number of hydrogen-bond donors (Lipinski definition) is 2. The average Bonchev–Trinajstić information content (AvgIpc) is 2.91. The molecule has 2 N–H and O–H groups in total. The number of fused-ring (bicyclic) bond motifs is 1. The van der Waals surface area contributed by atoms with Gasteiger partial charge in [-0.15, -0.1) is 0 Å². The molecule has 5 nitrogen and oxygen atoms in total. The molecule has 0 aliphatic heterocycles. The normalized spacial score (nSPS) is 12.2. The van der Waals surface area contributed by atoms with Gasteiger partial charge in [0, 0.05) is 28.7 Å². The number of carbonyl (C=O) groups excluding carboxylic acids is 2. The molecule has 0 radical (unpaired) electrons. The van der Waals surface area contributed by atoms with Crippen molar-refractivity contribution < 1.29 is 14.7 Å². The van der Waals surface area contributed by atoms with Crippen molar-refractivity contribution in [2.45, 2.75) is 19.8 Å². The highest BCUT2D eigenvalue weighted by Crippen LogP contribution is 2.34. The van der Waals surface area contributed by atoms with Crippen LogP contribution in [0.15, 0.2) is 42.5 Å². The van der Waals surface area contributed by atoms with Gasteiger partial charge in [0.05, 0.1) is 11.4 Å². The van der Waals surface area contributed by atoms with Crippen molar-refractivity contribution in [3.05, 3.63) is 64.3 Å². The predicted octanol–water partition coefficient (Wildman–Crippen LogP) is 3.85. The summed E-state index contributed by atoms with van der Waals surface area (Å²) in [5.74, 6) is -0.762. The van der Waals surface area contributed by atoms with Crippen LogP contribution < -0.4 is 5.32 Å². The van der Waals surface area contributed by atoms with E-state index in [0.717, 1.165) is 5.56 Å². The van der Waals surface area contributed by atoms with Crippen LogP contribution in [-0.4, -0.2) is 28.5 Å². The smallest absolute Gasteiger partial charge is 0.262 e. The number of carbonyl (C=O) groups is 2. The third-order valence-electron chi connectivity index (χ3n) is 4.60. The highest BCUT2D eigenvalue weighted by molar-refractivity contribution is 6.30. The molecule has 0 saturated heterocycles. The minimum absolute atomic E-state index is 0.0824. The lowest BCUT2D eigenvalue weighted by Crippen LogP contribution is -2.24. The number of benzene rings is 2. The number of phenols is 1. The molecular formula is C20H19ClN2O3. The molecule has 3 rings (SSSR count). The fraction of sp³-hybridized carbons (Fsp3) is 0.200. The maximum absolute atomic E-state index is 13.1. The van der Waals surface area contributed by atoms with Crippen LogP contribution in [0.1, 0.15) is 34.5 Å². The fourth-order valence-corrected chi connectivity index (χ4v) is 3.43. The Balaban J connectivity index is 2.26. The summed E-state index contributed by atoms with van der Waals surface area (Å²) in [5, 5.41) is 13.8. The van der Waals surface area contributed by atoms with Crippen molar-refractivity contribution in [3.8, 4) is 5.75 Å². The molecule has 0 fully saturated rings. The molecule has 1 atom stereocenters. The first-order valence-corrected chi connectivity index (χ1v) is 8.58. The lowest BCUT2D eigenvalue weighted by atomic mass is 9.97. The van der Waals surface area contributed by atoms with Crippen LogP contribution in [-0.2, 0) is 4.79 Å². The molecule has 0 unspecified atom stereocenters. The maximum Gasteiger partial charge on any atom is 0.262 e. The Kier molecular flexibility index (Phi) is 4.74. The van der Waals surface area contributed by atoms with E-state index in [2.05, 4.69) is 5.32 Å². The van der Waals surface area contributed by atoms with Crippen LogP contribution in [0.2, 0.25) is 5.02 Å². The van der Waals surface area contributed by atoms with Gasteiger partial charge >= 0.3 is 0 Å². The first kappa shape index (κ1) is 18.0. The number of rotatable bonds is 3. The summed E-state index contributed by atoms with van der Waals surface area (Å²) in [6.07, 6.45) is 0. The fourth-order valence-electron chi connectivity index (χ4n) is 3.31. The number of phenolic OH excluding ortho intramolecular Hbond substituents is 1. The number of aromatic hydroxyl groups is 1. The third kappa shape index (κ3) is 2.95. The van der Waals surface area contributed by atoms with Crippen molar-refractivity contribution in [1.29, 1.82) is 0 Å². The topological polar surface area (TPSA) is 71.3 Å². The maximum atomic E-state index is 13.1. The van der Waals surface area contributed by atoms with Gasteiger partial charge in [0.2, 0.25) is 5.91 Å². The minimum Gasteiger partial charge on any atom is -0.508 e. The molecule has 26 heavy (non-hydrogen) atoms. The number of nitrogens with one attached hydrogen (secondary N) is 1. The van der Waals surface area contributed by atoms with Crippen molar-refractivity contribution in [3.63, 3.8) is 0 Å². The second-order valence-electron chi connectivity index (χ2n) is 6.18. The molecule has 1 aromatic heterocycles. The second-order valence-corrected chi connectivity index (χ2v) is 6.62. The van der Waals surface area contributed by atoms with E-state index >= 15 is 0 Å². The molecule has 0 bridgehead atoms. The minimum atomic E-state index is -0.469. The summed E-state index contributed by atoms with van der Waals surface area (Å²) in [6.45, 7) is 3.58. The summed E-state index contributed by atoms with van der Waals surface area (Å²) in [4.78, 5) is 25.3. The molecule has 0 aliphatic rings. The van der Waals surface area contributed by atoms with Crippen LogP contribution in [0, 0.1) is 6.92 Å². The van der Waals surface area contributed by atoms with E-state index in [4.69, 9.17) is 11.6 Å². The zero-order valence-electron chi connectivity index (χ0n) is 14.7. The first-order chi connectivity index (χ1) is 12.3. The summed E-state index contributed by atoms with van der Waals surface area (Å²) in [7, 11) is 1.57. The van der Waals surface area contributed by atoms with Crippen molar-refractivity contribution in [2.24, 2.45) is 0 Å². The molecule has 3 aromatic rings. The molecule has 0 spiro atoms. The Hall–Kier alpha value is -2.79. The van der Waals surface area contributed by atoms with Gasteiger partial charge in [-0.25, -0.2) is 0 Å². The first-order valence-electron chi connectivity index (χ1n) is 8.21. The van der Waals surface area contributed by atoms with E-state index < -0.39 is 5.92 Å². The highest BCUT2D eigenvalue weighted by atomic mass is 35.5. The Morgan fingerprint density at radius 1 is 1.15 bits per heavy atom. The number of amides is 1. The molecule has 0 aliphatic carbocycles. The Morgan fingerprint density at radius 3 is 2.42 bits per heavy atom. The Morgan fingerprint density at radius 2 is 1.81 bits per heavy atom. The number of nitrogens with zero attached hydrogens (tertiary/aromatic N) is 1. The summed E-state index contributed by atoms with van der Waals surface area (Å²) < 4.78 is 1.58. The van der Waals surface area contributed by atoms with E-state index in [1.54, 1.807) is 61.9 Å². The van der Waals surface area contributed by atoms with Gasteiger partial charge in [0.1, 0.15) is 5.75 Å². The van der Waals surface area contributed by atoms with Gasteiger partial charge in [-0.3, -0.25) is 14.2 Å². The summed E-state index contributed by atoms with van der Waals surface area (Å²) >= 11 is 5.91. The van der Waals surface area contributed by atoms with Crippen LogP contribution in [0.4, 0.5) is 0 Å². The predicted molar refractivity (Wildman–Crippen MR) is 102 cm³/mol. The van der Waals surface area contributed by atoms with Gasteiger partial charge in [-0.05, 0) is 61.9 Å². The number of hydrogen-bond acceptors (Lipinski definition) is 3. The number of likely N-dealkylation sites (N-methyl/N-ethyl adjacent to an activating group) is 1. The molecule has 1 heterocycles. The van der Waals surface area contributed by atoms with Gasteiger partial charge in [-0.1, -0.05) is 11.6 Å². The lowest BCUT2D eigenvalue weighted by Gasteiger charge is -2.12. The molecule has 6 heteroatoms. The van der Waals surface area contributed by atoms with E-state index in [0.29, 0.717) is 27.2 Å². The van der Waals surface area contributed by atoms with Gasteiger partial charge < -0.3 is 10.4 Å². The third-order valence-corrected chi connectivity index (χ3v) is 4.86. The SMILES string of the molecule is CNC(=O)[C@@H](C)c1c(C)n(C(=O)c2ccc(Cl)cc2)c2ccc(O)cc12. The quantitative estimate of drug-likeness (QED) is 0.735. The largest absolute Gasteiger partial charge is 0.508 e. The van der Waals surface area contributed by atoms with Crippen LogP contribution in [0.3, 0.4) is 0 Å². The van der Waals surface area contributed by atoms with Crippen molar-refractivity contribution in [2.75, 3.05) is 7.05 Å². The van der Waals surface area contributed by atoms with E-state index in [1.165, 1.54) is 6.07 Å². The van der Waals surface area contributed by atoms with Crippen molar-refractivity contribution in [1.82, 2.24) is 9.88 Å². The van der Waals surface area contributed by atoms with Gasteiger partial charge in [-0.2, -0.15) is 0 Å². The van der Waals surface area contributed by atoms with E-state index in [-0.39, 0.29) is 17.6 Å². The molecule has 1 amide bonds. The summed E-state index contributed by atoms with van der Waals surface area (Å²) in [6, 6.07) is 11.5. The Labute approximate surface area is 156 Å². The number of halogens is 1. The zero-order valence-corrected chi connectivity index (χ0v) is 15.5. The second kappa shape index (κ2) is 6.84. The molecule has 2 aromatic carbocycles. The highest BCUT2D eigenvalue weighted by Gasteiger charge is 2.26. The lowest BCUT2D eigenvalue weighted by molar-refractivity contribution is -0.121.